The Hall–Kier alpha value is -2.62. The Morgan fingerprint density at radius 3 is 2.61 bits per heavy atom. The zero-order valence-electron chi connectivity index (χ0n) is 9.46. The van der Waals surface area contributed by atoms with Crippen molar-refractivity contribution in [1.82, 2.24) is 0 Å². The molecule has 0 saturated carbocycles. The average Bonchev–Trinajstić information content (AvgIpc) is 2.39. The summed E-state index contributed by atoms with van der Waals surface area (Å²) in [4.78, 5) is 22.5. The maximum atomic E-state index is 11.9. The van der Waals surface area contributed by atoms with Crippen LogP contribution in [0.25, 0.3) is 0 Å². The lowest BCUT2D eigenvalue weighted by molar-refractivity contribution is 0.102. The number of carbonyl (C=O) groups excluding carboxylic acids is 2. The van der Waals surface area contributed by atoms with E-state index >= 15 is 0 Å². The summed E-state index contributed by atoms with van der Waals surface area (Å²) in [6.07, 6.45) is 0.704. The van der Waals surface area contributed by atoms with Crippen molar-refractivity contribution < 1.29 is 14.7 Å². The van der Waals surface area contributed by atoms with Crippen LogP contribution in [0.1, 0.15) is 20.7 Å². The van der Waals surface area contributed by atoms with Crippen LogP contribution in [-0.2, 0) is 0 Å². The van der Waals surface area contributed by atoms with Crippen molar-refractivity contribution in [2.45, 2.75) is 0 Å². The Labute approximate surface area is 104 Å². The second-order valence-electron chi connectivity index (χ2n) is 3.71. The van der Waals surface area contributed by atoms with Crippen molar-refractivity contribution in [3.8, 4) is 5.75 Å². The summed E-state index contributed by atoms with van der Waals surface area (Å²) in [5.41, 5.74) is 1.17. The zero-order chi connectivity index (χ0) is 13.0. The van der Waals surface area contributed by atoms with E-state index in [0.29, 0.717) is 17.5 Å². The van der Waals surface area contributed by atoms with E-state index in [1.807, 2.05) is 0 Å². The molecule has 0 unspecified atom stereocenters. The number of aldehydes is 1. The number of amides is 1. The summed E-state index contributed by atoms with van der Waals surface area (Å²) in [7, 11) is 0. The molecule has 2 N–H and O–H groups in total. The molecule has 0 aliphatic rings. The Bertz CT molecular complexity index is 593. The van der Waals surface area contributed by atoms with Gasteiger partial charge in [0.1, 0.15) is 12.0 Å². The van der Waals surface area contributed by atoms with E-state index in [-0.39, 0.29) is 11.3 Å². The smallest absolute Gasteiger partial charge is 0.259 e. The highest BCUT2D eigenvalue weighted by molar-refractivity contribution is 6.06. The van der Waals surface area contributed by atoms with Gasteiger partial charge in [0.05, 0.1) is 5.56 Å². The van der Waals surface area contributed by atoms with Crippen molar-refractivity contribution in [2.24, 2.45) is 0 Å². The van der Waals surface area contributed by atoms with E-state index in [0.717, 1.165) is 0 Å². The van der Waals surface area contributed by atoms with Crippen LogP contribution in [0.5, 0.6) is 5.75 Å². The topological polar surface area (TPSA) is 66.4 Å². The number of hydrogen-bond acceptors (Lipinski definition) is 3. The van der Waals surface area contributed by atoms with E-state index in [1.165, 1.54) is 12.1 Å². The second kappa shape index (κ2) is 5.14. The quantitative estimate of drug-likeness (QED) is 0.811. The van der Waals surface area contributed by atoms with Crippen LogP contribution in [0.2, 0.25) is 0 Å². The number of para-hydroxylation sites is 1. The van der Waals surface area contributed by atoms with Crippen molar-refractivity contribution in [2.75, 3.05) is 5.32 Å². The monoisotopic (exact) mass is 241 g/mol. The van der Waals surface area contributed by atoms with Gasteiger partial charge in [-0.2, -0.15) is 0 Å². The number of carbonyl (C=O) groups is 2. The van der Waals surface area contributed by atoms with Crippen molar-refractivity contribution in [3.63, 3.8) is 0 Å². The summed E-state index contributed by atoms with van der Waals surface area (Å²) in [6.45, 7) is 0. The fourth-order valence-corrected chi connectivity index (χ4v) is 1.55. The first-order valence-corrected chi connectivity index (χ1v) is 5.35. The molecule has 0 atom stereocenters. The Morgan fingerprint density at radius 1 is 1.11 bits per heavy atom. The van der Waals surface area contributed by atoms with Gasteiger partial charge in [0, 0.05) is 11.3 Å². The molecule has 2 rings (SSSR count). The van der Waals surface area contributed by atoms with Crippen LogP contribution in [0.3, 0.4) is 0 Å². The van der Waals surface area contributed by atoms with Crippen LogP contribution in [-0.4, -0.2) is 17.3 Å². The third-order valence-electron chi connectivity index (χ3n) is 2.43. The van der Waals surface area contributed by atoms with Gasteiger partial charge in [-0.3, -0.25) is 9.59 Å². The molecule has 18 heavy (non-hydrogen) atoms. The van der Waals surface area contributed by atoms with Crippen molar-refractivity contribution in [1.29, 1.82) is 0 Å². The Balaban J connectivity index is 2.21. The molecule has 4 heteroatoms. The number of aromatic hydroxyl groups is 1. The maximum Gasteiger partial charge on any atom is 0.259 e. The molecule has 4 nitrogen and oxygen atoms in total. The first-order chi connectivity index (χ1) is 8.70. The van der Waals surface area contributed by atoms with Gasteiger partial charge in [0.2, 0.25) is 0 Å². The summed E-state index contributed by atoms with van der Waals surface area (Å²) in [5, 5.41) is 12.2. The standard InChI is InChI=1S/C14H11NO3/c16-9-10-4-3-5-11(8-10)15-14(18)12-6-1-2-7-13(12)17/h1-9,17H,(H,15,18). The van der Waals surface area contributed by atoms with E-state index in [1.54, 1.807) is 36.4 Å². The molecule has 0 heterocycles. The average molecular weight is 241 g/mol. The number of phenols is 1. The molecular weight excluding hydrogens is 230 g/mol. The van der Waals surface area contributed by atoms with Crippen molar-refractivity contribution >= 4 is 17.9 Å². The Morgan fingerprint density at radius 2 is 1.89 bits per heavy atom. The highest BCUT2D eigenvalue weighted by Gasteiger charge is 2.10. The zero-order valence-corrected chi connectivity index (χ0v) is 9.46. The SMILES string of the molecule is O=Cc1cccc(NC(=O)c2ccccc2O)c1. The lowest BCUT2D eigenvalue weighted by Gasteiger charge is -2.06. The molecule has 0 bridgehead atoms. The molecule has 1 amide bonds. The predicted molar refractivity (Wildman–Crippen MR) is 67.9 cm³/mol. The first kappa shape index (κ1) is 11.9. The second-order valence-corrected chi connectivity index (χ2v) is 3.71. The van der Waals surface area contributed by atoms with Crippen LogP contribution >= 0.6 is 0 Å². The van der Waals surface area contributed by atoms with Gasteiger partial charge in [0.25, 0.3) is 5.91 Å². The first-order valence-electron chi connectivity index (χ1n) is 5.35. The highest BCUT2D eigenvalue weighted by atomic mass is 16.3. The van der Waals surface area contributed by atoms with Gasteiger partial charge < -0.3 is 10.4 Å². The molecule has 0 saturated heterocycles. The van der Waals surface area contributed by atoms with Gasteiger partial charge in [0.15, 0.2) is 0 Å². The molecule has 0 aromatic heterocycles. The Kier molecular flexibility index (Phi) is 3.38. The molecule has 0 fully saturated rings. The van der Waals surface area contributed by atoms with E-state index in [2.05, 4.69) is 5.32 Å². The highest BCUT2D eigenvalue weighted by Crippen LogP contribution is 2.18. The molecule has 0 aliphatic heterocycles. The summed E-state index contributed by atoms with van der Waals surface area (Å²) in [6, 6.07) is 12.8. The van der Waals surface area contributed by atoms with Crippen LogP contribution in [0.4, 0.5) is 5.69 Å². The number of phenolic OH excluding ortho intramolecular Hbond substituents is 1. The van der Waals surface area contributed by atoms with Gasteiger partial charge in [-0.15, -0.1) is 0 Å². The molecule has 2 aromatic rings. The number of nitrogens with one attached hydrogen (secondary N) is 1. The lowest BCUT2D eigenvalue weighted by Crippen LogP contribution is -2.12. The van der Waals surface area contributed by atoms with Gasteiger partial charge in [-0.1, -0.05) is 24.3 Å². The number of anilines is 1. The third-order valence-corrected chi connectivity index (χ3v) is 2.43. The molecule has 2 aromatic carbocycles. The van der Waals surface area contributed by atoms with Crippen LogP contribution in [0, 0.1) is 0 Å². The predicted octanol–water partition coefficient (Wildman–Crippen LogP) is 2.46. The molecule has 90 valence electrons. The largest absolute Gasteiger partial charge is 0.507 e. The molecular formula is C14H11NO3. The summed E-state index contributed by atoms with van der Waals surface area (Å²) >= 11 is 0. The number of rotatable bonds is 3. The fraction of sp³-hybridized carbons (Fsp3) is 0. The minimum atomic E-state index is -0.420. The molecule has 0 radical (unpaired) electrons. The normalized spacial score (nSPS) is 9.78. The molecule has 0 aliphatic carbocycles. The van der Waals surface area contributed by atoms with E-state index < -0.39 is 5.91 Å². The molecule has 0 spiro atoms. The third kappa shape index (κ3) is 2.55. The van der Waals surface area contributed by atoms with Gasteiger partial charge >= 0.3 is 0 Å². The maximum absolute atomic E-state index is 11.9. The van der Waals surface area contributed by atoms with E-state index in [9.17, 15) is 14.7 Å². The lowest BCUT2D eigenvalue weighted by atomic mass is 10.1. The minimum absolute atomic E-state index is 0.0819. The number of hydrogen-bond donors (Lipinski definition) is 2. The summed E-state index contributed by atoms with van der Waals surface area (Å²) < 4.78 is 0. The van der Waals surface area contributed by atoms with Gasteiger partial charge in [-0.05, 0) is 24.3 Å². The minimum Gasteiger partial charge on any atom is -0.507 e. The van der Waals surface area contributed by atoms with E-state index in [4.69, 9.17) is 0 Å². The summed E-state index contributed by atoms with van der Waals surface area (Å²) in [5.74, 6) is -0.502. The van der Waals surface area contributed by atoms with Crippen LogP contribution < -0.4 is 5.32 Å². The van der Waals surface area contributed by atoms with Gasteiger partial charge in [-0.25, -0.2) is 0 Å². The van der Waals surface area contributed by atoms with Crippen LogP contribution in [0.15, 0.2) is 48.5 Å². The fourth-order valence-electron chi connectivity index (χ4n) is 1.55. The number of benzene rings is 2. The van der Waals surface area contributed by atoms with Crippen molar-refractivity contribution in [3.05, 3.63) is 59.7 Å².